The lowest BCUT2D eigenvalue weighted by molar-refractivity contribution is 0.180. The van der Waals surface area contributed by atoms with Crippen molar-refractivity contribution in [2.45, 2.75) is 25.4 Å². The summed E-state index contributed by atoms with van der Waals surface area (Å²) >= 11 is 0. The summed E-state index contributed by atoms with van der Waals surface area (Å²) < 4.78 is 1.94. The average molecular weight is 322 g/mol. The van der Waals surface area contributed by atoms with E-state index < -0.39 is 0 Å². The number of H-pyrrole nitrogens is 1. The van der Waals surface area contributed by atoms with Crippen LogP contribution in [0, 0.1) is 0 Å². The molecule has 0 amide bonds. The van der Waals surface area contributed by atoms with Crippen molar-refractivity contribution in [1.29, 1.82) is 0 Å². The Bertz CT molecular complexity index is 903. The summed E-state index contributed by atoms with van der Waals surface area (Å²) in [5, 5.41) is 0. The van der Waals surface area contributed by atoms with Gasteiger partial charge in [0.05, 0.1) is 11.0 Å². The molecule has 0 saturated carbocycles. The Morgan fingerprint density at radius 2 is 1.88 bits per heavy atom. The number of rotatable bonds is 3. The topological polar surface area (TPSA) is 67.0 Å². The molecule has 0 radical (unpaired) electrons. The Balaban J connectivity index is 1.48. The molecule has 1 saturated heterocycles. The average Bonchev–Trinajstić information content (AvgIpc) is 2.91. The van der Waals surface area contributed by atoms with Crippen LogP contribution in [-0.4, -0.2) is 27.5 Å². The summed E-state index contributed by atoms with van der Waals surface area (Å²) in [4.78, 5) is 17.7. The molecule has 4 rings (SSSR count). The molecule has 0 bridgehead atoms. The van der Waals surface area contributed by atoms with Gasteiger partial charge in [0.1, 0.15) is 0 Å². The van der Waals surface area contributed by atoms with E-state index in [2.05, 4.69) is 16.0 Å². The first kappa shape index (κ1) is 15.0. The molecule has 0 unspecified atom stereocenters. The first-order chi connectivity index (χ1) is 11.7. The largest absolute Gasteiger partial charge is 0.399 e. The van der Waals surface area contributed by atoms with Gasteiger partial charge in [0.25, 0.3) is 0 Å². The highest BCUT2D eigenvalue weighted by Crippen LogP contribution is 2.25. The highest BCUT2D eigenvalue weighted by atomic mass is 16.1. The number of imidazole rings is 1. The number of aromatic nitrogens is 2. The lowest BCUT2D eigenvalue weighted by atomic mass is 10.0. The molecule has 5 nitrogen and oxygen atoms in total. The van der Waals surface area contributed by atoms with E-state index in [9.17, 15) is 4.79 Å². The van der Waals surface area contributed by atoms with Crippen molar-refractivity contribution >= 4 is 16.7 Å². The first-order valence-electron chi connectivity index (χ1n) is 8.47. The third kappa shape index (κ3) is 2.83. The number of aromatic amines is 1. The van der Waals surface area contributed by atoms with E-state index in [1.165, 1.54) is 5.56 Å². The number of piperidine rings is 1. The maximum absolute atomic E-state index is 12.3. The van der Waals surface area contributed by atoms with Crippen LogP contribution in [0.15, 0.2) is 53.3 Å². The molecular weight excluding hydrogens is 300 g/mol. The molecule has 124 valence electrons. The Morgan fingerprint density at radius 1 is 1.08 bits per heavy atom. The summed E-state index contributed by atoms with van der Waals surface area (Å²) in [6, 6.07) is 16.3. The molecule has 24 heavy (non-hydrogen) atoms. The van der Waals surface area contributed by atoms with Crippen molar-refractivity contribution < 1.29 is 0 Å². The predicted molar refractivity (Wildman–Crippen MR) is 97.0 cm³/mol. The zero-order valence-electron chi connectivity index (χ0n) is 13.6. The van der Waals surface area contributed by atoms with Gasteiger partial charge in [-0.25, -0.2) is 4.79 Å². The molecular formula is C19H22N4O. The van der Waals surface area contributed by atoms with Crippen LogP contribution in [0.5, 0.6) is 0 Å². The number of anilines is 1. The second kappa shape index (κ2) is 6.17. The normalized spacial score (nSPS) is 16.7. The van der Waals surface area contributed by atoms with Crippen molar-refractivity contribution in [3.63, 3.8) is 0 Å². The lowest BCUT2D eigenvalue weighted by Gasteiger charge is -2.32. The minimum absolute atomic E-state index is 0.00508. The van der Waals surface area contributed by atoms with E-state index in [1.807, 2.05) is 47.0 Å². The summed E-state index contributed by atoms with van der Waals surface area (Å²) in [5.74, 6) is 0. The fourth-order valence-electron chi connectivity index (χ4n) is 3.72. The fourth-order valence-corrected chi connectivity index (χ4v) is 3.72. The van der Waals surface area contributed by atoms with Crippen LogP contribution in [0.3, 0.4) is 0 Å². The summed E-state index contributed by atoms with van der Waals surface area (Å²) in [5.41, 5.74) is 9.86. The monoisotopic (exact) mass is 322 g/mol. The zero-order valence-corrected chi connectivity index (χ0v) is 13.6. The minimum atomic E-state index is 0.00508. The van der Waals surface area contributed by atoms with Crippen molar-refractivity contribution in [3.8, 4) is 0 Å². The highest BCUT2D eigenvalue weighted by molar-refractivity contribution is 5.75. The van der Waals surface area contributed by atoms with Gasteiger partial charge < -0.3 is 10.7 Å². The molecule has 1 aliphatic rings. The second-order valence-corrected chi connectivity index (χ2v) is 6.57. The van der Waals surface area contributed by atoms with Gasteiger partial charge in [-0.15, -0.1) is 0 Å². The fraction of sp³-hybridized carbons (Fsp3) is 0.316. The molecule has 3 aromatic rings. The van der Waals surface area contributed by atoms with E-state index >= 15 is 0 Å². The summed E-state index contributed by atoms with van der Waals surface area (Å²) in [6.07, 6.45) is 1.98. The summed E-state index contributed by atoms with van der Waals surface area (Å²) in [7, 11) is 0. The quantitative estimate of drug-likeness (QED) is 0.729. The molecule has 5 heteroatoms. The number of nitrogens with zero attached hydrogens (tertiary/aromatic N) is 2. The van der Waals surface area contributed by atoms with Crippen LogP contribution in [0.4, 0.5) is 5.69 Å². The molecule has 0 spiro atoms. The number of hydrogen-bond acceptors (Lipinski definition) is 3. The number of nitrogens with one attached hydrogen (secondary N) is 1. The molecule has 0 aliphatic carbocycles. The SMILES string of the molecule is Nc1cccc(CN2CCC(n3c(=O)[nH]c4ccccc43)CC2)c1. The highest BCUT2D eigenvalue weighted by Gasteiger charge is 2.23. The maximum atomic E-state index is 12.3. The number of nitrogen functional groups attached to an aromatic ring is 1. The third-order valence-corrected chi connectivity index (χ3v) is 4.90. The second-order valence-electron chi connectivity index (χ2n) is 6.57. The van der Waals surface area contributed by atoms with Gasteiger partial charge in [-0.05, 0) is 42.7 Å². The Morgan fingerprint density at radius 3 is 2.67 bits per heavy atom. The first-order valence-corrected chi connectivity index (χ1v) is 8.47. The molecule has 1 aliphatic heterocycles. The molecule has 2 aromatic carbocycles. The van der Waals surface area contributed by atoms with E-state index in [-0.39, 0.29) is 11.7 Å². The van der Waals surface area contributed by atoms with Crippen LogP contribution >= 0.6 is 0 Å². The maximum Gasteiger partial charge on any atom is 0.326 e. The molecule has 0 atom stereocenters. The molecule has 2 heterocycles. The number of nitrogens with two attached hydrogens (primary N) is 1. The number of fused-ring (bicyclic) bond motifs is 1. The number of para-hydroxylation sites is 2. The molecule has 1 fully saturated rings. The van der Waals surface area contributed by atoms with E-state index in [0.717, 1.165) is 49.2 Å². The van der Waals surface area contributed by atoms with Crippen LogP contribution in [0.1, 0.15) is 24.4 Å². The van der Waals surface area contributed by atoms with Crippen LogP contribution < -0.4 is 11.4 Å². The van der Waals surface area contributed by atoms with Crippen LogP contribution in [0.25, 0.3) is 11.0 Å². The zero-order chi connectivity index (χ0) is 16.5. The standard InChI is InChI=1S/C19H22N4O/c20-15-5-3-4-14(12-15)13-22-10-8-16(9-11-22)23-18-7-2-1-6-17(18)21-19(23)24/h1-7,12,16H,8-11,13,20H2,(H,21,24). The molecule has 1 aromatic heterocycles. The summed E-state index contributed by atoms with van der Waals surface area (Å²) in [6.45, 7) is 2.90. The van der Waals surface area contributed by atoms with Gasteiger partial charge in [0.2, 0.25) is 0 Å². The smallest absolute Gasteiger partial charge is 0.326 e. The van der Waals surface area contributed by atoms with Gasteiger partial charge in [0, 0.05) is 31.4 Å². The number of likely N-dealkylation sites (tertiary alicyclic amines) is 1. The number of benzene rings is 2. The van der Waals surface area contributed by atoms with Gasteiger partial charge >= 0.3 is 5.69 Å². The van der Waals surface area contributed by atoms with E-state index in [0.29, 0.717) is 0 Å². The van der Waals surface area contributed by atoms with Gasteiger partial charge in [-0.1, -0.05) is 24.3 Å². The lowest BCUT2D eigenvalue weighted by Crippen LogP contribution is -2.36. The van der Waals surface area contributed by atoms with Crippen molar-refractivity contribution in [2.24, 2.45) is 0 Å². The Hall–Kier alpha value is -2.53. The van der Waals surface area contributed by atoms with Crippen molar-refractivity contribution in [3.05, 3.63) is 64.6 Å². The van der Waals surface area contributed by atoms with Crippen molar-refractivity contribution in [1.82, 2.24) is 14.5 Å². The van der Waals surface area contributed by atoms with Gasteiger partial charge in [-0.3, -0.25) is 9.47 Å². The van der Waals surface area contributed by atoms with E-state index in [4.69, 9.17) is 5.73 Å². The Kier molecular flexibility index (Phi) is 3.86. The third-order valence-electron chi connectivity index (χ3n) is 4.90. The van der Waals surface area contributed by atoms with Crippen molar-refractivity contribution in [2.75, 3.05) is 18.8 Å². The van der Waals surface area contributed by atoms with Gasteiger partial charge in [-0.2, -0.15) is 0 Å². The van der Waals surface area contributed by atoms with Crippen LogP contribution in [0.2, 0.25) is 0 Å². The van der Waals surface area contributed by atoms with Crippen LogP contribution in [-0.2, 0) is 6.54 Å². The predicted octanol–water partition coefficient (Wildman–Crippen LogP) is 2.75. The van der Waals surface area contributed by atoms with Gasteiger partial charge in [0.15, 0.2) is 0 Å². The Labute approximate surface area is 140 Å². The van der Waals surface area contributed by atoms with E-state index in [1.54, 1.807) is 0 Å². The number of hydrogen-bond donors (Lipinski definition) is 2. The minimum Gasteiger partial charge on any atom is -0.399 e. The molecule has 3 N–H and O–H groups in total.